The van der Waals surface area contributed by atoms with Crippen molar-refractivity contribution in [1.82, 2.24) is 14.2 Å². The molecule has 1 atom stereocenters. The summed E-state index contributed by atoms with van der Waals surface area (Å²) in [6, 6.07) is 17.5. The average molecular weight is 384 g/mol. The second kappa shape index (κ2) is 8.08. The standard InChI is InChI=1S/C21H25N3O2S/c1-23(2)21(19-16-24(3)20-12-8-7-11-18(19)20)15-22-27(25,26)14-13-17-9-5-4-6-10-17/h4-14,16,21-22H,15H2,1-3H3/b14-13+/t21-/m0/s1. The lowest BCUT2D eigenvalue weighted by molar-refractivity contribution is 0.301. The van der Waals surface area contributed by atoms with Crippen LogP contribution in [0.4, 0.5) is 0 Å². The van der Waals surface area contributed by atoms with Crippen molar-refractivity contribution in [3.05, 3.63) is 77.3 Å². The van der Waals surface area contributed by atoms with Gasteiger partial charge in [-0.2, -0.15) is 0 Å². The zero-order chi connectivity index (χ0) is 19.4. The Bertz CT molecular complexity index is 1040. The zero-order valence-corrected chi connectivity index (χ0v) is 16.6. The predicted octanol–water partition coefficient (Wildman–Crippen LogP) is 3.37. The van der Waals surface area contributed by atoms with Gasteiger partial charge in [0.15, 0.2) is 0 Å². The number of nitrogens with zero attached hydrogens (tertiary/aromatic N) is 2. The largest absolute Gasteiger partial charge is 0.350 e. The highest BCUT2D eigenvalue weighted by Gasteiger charge is 2.20. The third-order valence-corrected chi connectivity index (χ3v) is 5.69. The highest BCUT2D eigenvalue weighted by Crippen LogP contribution is 2.28. The lowest BCUT2D eigenvalue weighted by Gasteiger charge is -2.24. The lowest BCUT2D eigenvalue weighted by atomic mass is 10.1. The van der Waals surface area contributed by atoms with Crippen molar-refractivity contribution in [2.75, 3.05) is 20.6 Å². The number of para-hydroxylation sites is 1. The molecule has 5 nitrogen and oxygen atoms in total. The highest BCUT2D eigenvalue weighted by molar-refractivity contribution is 7.92. The molecule has 0 spiro atoms. The topological polar surface area (TPSA) is 54.3 Å². The molecule has 0 radical (unpaired) electrons. The molecular formula is C21H25N3O2S. The van der Waals surface area contributed by atoms with Gasteiger partial charge in [-0.05, 0) is 37.4 Å². The normalized spacial score (nSPS) is 13.6. The molecule has 27 heavy (non-hydrogen) atoms. The second-order valence-corrected chi connectivity index (χ2v) is 8.45. The summed E-state index contributed by atoms with van der Waals surface area (Å²) in [7, 11) is 2.40. The van der Waals surface area contributed by atoms with Crippen LogP contribution in [-0.4, -0.2) is 38.5 Å². The minimum Gasteiger partial charge on any atom is -0.350 e. The van der Waals surface area contributed by atoms with Crippen molar-refractivity contribution >= 4 is 27.0 Å². The van der Waals surface area contributed by atoms with E-state index in [-0.39, 0.29) is 6.04 Å². The summed E-state index contributed by atoms with van der Waals surface area (Å²) >= 11 is 0. The monoisotopic (exact) mass is 383 g/mol. The first-order valence-electron chi connectivity index (χ1n) is 8.80. The Kier molecular flexibility index (Phi) is 5.79. The summed E-state index contributed by atoms with van der Waals surface area (Å²) in [4.78, 5) is 2.03. The Hall–Kier alpha value is -2.41. The van der Waals surface area contributed by atoms with E-state index in [9.17, 15) is 8.42 Å². The maximum absolute atomic E-state index is 12.4. The van der Waals surface area contributed by atoms with Gasteiger partial charge in [0.25, 0.3) is 0 Å². The molecular weight excluding hydrogens is 358 g/mol. The number of aromatic nitrogens is 1. The number of likely N-dealkylation sites (N-methyl/N-ethyl adjacent to an activating group) is 1. The van der Waals surface area contributed by atoms with Crippen LogP contribution in [0.3, 0.4) is 0 Å². The Balaban J connectivity index is 1.80. The molecule has 6 heteroatoms. The molecule has 2 aromatic carbocycles. The van der Waals surface area contributed by atoms with Crippen molar-refractivity contribution in [3.8, 4) is 0 Å². The fourth-order valence-corrected chi connectivity index (χ4v) is 4.01. The summed E-state index contributed by atoms with van der Waals surface area (Å²) in [5, 5.41) is 2.36. The average Bonchev–Trinajstić information content (AvgIpc) is 2.98. The number of benzene rings is 2. The molecule has 0 aliphatic rings. The maximum Gasteiger partial charge on any atom is 0.233 e. The van der Waals surface area contributed by atoms with Gasteiger partial charge < -0.3 is 9.47 Å². The van der Waals surface area contributed by atoms with Crippen LogP contribution in [0.15, 0.2) is 66.2 Å². The summed E-state index contributed by atoms with van der Waals surface area (Å²) < 4.78 is 29.6. The molecule has 0 aliphatic heterocycles. The summed E-state index contributed by atoms with van der Waals surface area (Å²) in [6.45, 7) is 0.294. The van der Waals surface area contributed by atoms with E-state index in [1.807, 2.05) is 68.5 Å². The molecule has 0 saturated carbocycles. The van der Waals surface area contributed by atoms with Crippen molar-refractivity contribution in [2.45, 2.75) is 6.04 Å². The van der Waals surface area contributed by atoms with Crippen LogP contribution < -0.4 is 4.72 Å². The van der Waals surface area contributed by atoms with Crippen LogP contribution in [0.2, 0.25) is 0 Å². The van der Waals surface area contributed by atoms with Gasteiger partial charge in [0.2, 0.25) is 10.0 Å². The van der Waals surface area contributed by atoms with Crippen molar-refractivity contribution in [2.24, 2.45) is 7.05 Å². The van der Waals surface area contributed by atoms with Gasteiger partial charge in [0, 0.05) is 42.1 Å². The number of rotatable bonds is 7. The van der Waals surface area contributed by atoms with Crippen LogP contribution in [0.25, 0.3) is 17.0 Å². The second-order valence-electron chi connectivity index (χ2n) is 6.80. The van der Waals surface area contributed by atoms with E-state index in [1.165, 1.54) is 5.41 Å². The Morgan fingerprint density at radius 3 is 2.44 bits per heavy atom. The first kappa shape index (κ1) is 19.4. The van der Waals surface area contributed by atoms with Crippen LogP contribution in [0, 0.1) is 0 Å². The number of hydrogen-bond acceptors (Lipinski definition) is 3. The van der Waals surface area contributed by atoms with Crippen LogP contribution in [0.5, 0.6) is 0 Å². The van der Waals surface area contributed by atoms with Gasteiger partial charge in [-0.1, -0.05) is 48.5 Å². The summed E-state index contributed by atoms with van der Waals surface area (Å²) in [5.74, 6) is 0. The maximum atomic E-state index is 12.4. The lowest BCUT2D eigenvalue weighted by Crippen LogP contribution is -2.33. The minimum atomic E-state index is -3.53. The molecule has 0 amide bonds. The molecule has 3 rings (SSSR count). The van der Waals surface area contributed by atoms with Gasteiger partial charge in [-0.3, -0.25) is 0 Å². The summed E-state index contributed by atoms with van der Waals surface area (Å²) in [5.41, 5.74) is 3.08. The molecule has 0 saturated heterocycles. The van der Waals surface area contributed by atoms with Gasteiger partial charge in [0.1, 0.15) is 0 Å². The molecule has 0 unspecified atom stereocenters. The smallest absolute Gasteiger partial charge is 0.233 e. The van der Waals surface area contributed by atoms with E-state index in [4.69, 9.17) is 0 Å². The fourth-order valence-electron chi connectivity index (χ4n) is 3.18. The Labute approximate surface area is 161 Å². The van der Waals surface area contributed by atoms with Gasteiger partial charge in [-0.25, -0.2) is 13.1 Å². The van der Waals surface area contributed by atoms with Crippen LogP contribution >= 0.6 is 0 Å². The number of nitrogens with one attached hydrogen (secondary N) is 1. The zero-order valence-electron chi connectivity index (χ0n) is 15.8. The molecule has 142 valence electrons. The van der Waals surface area contributed by atoms with E-state index in [2.05, 4.69) is 27.6 Å². The number of fused-ring (bicyclic) bond motifs is 1. The molecule has 1 N–H and O–H groups in total. The van der Waals surface area contributed by atoms with E-state index in [0.717, 1.165) is 22.0 Å². The van der Waals surface area contributed by atoms with Crippen molar-refractivity contribution < 1.29 is 8.42 Å². The molecule has 3 aromatic rings. The van der Waals surface area contributed by atoms with E-state index in [1.54, 1.807) is 6.08 Å². The molecule has 1 heterocycles. The third kappa shape index (κ3) is 4.66. The molecule has 1 aromatic heterocycles. The highest BCUT2D eigenvalue weighted by atomic mass is 32.2. The SMILES string of the molecule is CN(C)[C@@H](CNS(=O)(=O)/C=C/c1ccccc1)c1cn(C)c2ccccc12. The van der Waals surface area contributed by atoms with Crippen molar-refractivity contribution in [1.29, 1.82) is 0 Å². The third-order valence-electron chi connectivity index (χ3n) is 4.63. The van der Waals surface area contributed by atoms with Crippen molar-refractivity contribution in [3.63, 3.8) is 0 Å². The molecule has 0 aliphatic carbocycles. The predicted molar refractivity (Wildman–Crippen MR) is 112 cm³/mol. The number of sulfonamides is 1. The van der Waals surface area contributed by atoms with Gasteiger partial charge in [0.05, 0.1) is 0 Å². The number of aryl methyl sites for hydroxylation is 1. The fraction of sp³-hybridized carbons (Fsp3) is 0.238. The van der Waals surface area contributed by atoms with Gasteiger partial charge >= 0.3 is 0 Å². The van der Waals surface area contributed by atoms with E-state index in [0.29, 0.717) is 6.54 Å². The van der Waals surface area contributed by atoms with Crippen LogP contribution in [-0.2, 0) is 17.1 Å². The summed E-state index contributed by atoms with van der Waals surface area (Å²) in [6.07, 6.45) is 3.67. The first-order valence-corrected chi connectivity index (χ1v) is 10.4. The van der Waals surface area contributed by atoms with E-state index < -0.39 is 10.0 Å². The first-order chi connectivity index (χ1) is 12.9. The van der Waals surface area contributed by atoms with E-state index >= 15 is 0 Å². The van der Waals surface area contributed by atoms with Gasteiger partial charge in [-0.15, -0.1) is 0 Å². The number of hydrogen-bond donors (Lipinski definition) is 1. The molecule has 0 bridgehead atoms. The quantitative estimate of drug-likeness (QED) is 0.681. The molecule has 0 fully saturated rings. The Morgan fingerprint density at radius 2 is 1.74 bits per heavy atom. The Morgan fingerprint density at radius 1 is 1.07 bits per heavy atom. The van der Waals surface area contributed by atoms with Crippen LogP contribution in [0.1, 0.15) is 17.2 Å². The minimum absolute atomic E-state index is 0.0731.